The summed E-state index contributed by atoms with van der Waals surface area (Å²) in [6.07, 6.45) is 1.43. The minimum Gasteiger partial charge on any atom is -0.493 e. The molecular weight excluding hydrogens is 246 g/mol. The maximum Gasteiger partial charge on any atom is 0.407 e. The van der Waals surface area contributed by atoms with Crippen LogP contribution in [0.15, 0.2) is 18.2 Å². The molecule has 0 saturated carbocycles. The largest absolute Gasteiger partial charge is 0.493 e. The van der Waals surface area contributed by atoms with Crippen LogP contribution in [0.1, 0.15) is 31.4 Å². The Morgan fingerprint density at radius 3 is 2.89 bits per heavy atom. The maximum atomic E-state index is 11.1. The van der Waals surface area contributed by atoms with E-state index in [0.717, 1.165) is 18.4 Å². The summed E-state index contributed by atoms with van der Waals surface area (Å²) in [7, 11) is 1.61. The van der Waals surface area contributed by atoms with E-state index in [1.54, 1.807) is 7.11 Å². The fraction of sp³-hybridized carbons (Fsp3) is 0.500. The fourth-order valence-electron chi connectivity index (χ4n) is 1.91. The van der Waals surface area contributed by atoms with Crippen molar-refractivity contribution in [3.05, 3.63) is 23.8 Å². The molecule has 5 heteroatoms. The summed E-state index contributed by atoms with van der Waals surface area (Å²) < 4.78 is 16.1. The van der Waals surface area contributed by atoms with Gasteiger partial charge >= 0.3 is 6.09 Å². The number of nitrogens with one attached hydrogen (secondary N) is 1. The highest BCUT2D eigenvalue weighted by Gasteiger charge is 2.25. The average molecular weight is 265 g/mol. The van der Waals surface area contributed by atoms with Crippen molar-refractivity contribution in [1.29, 1.82) is 0 Å². The fourth-order valence-corrected chi connectivity index (χ4v) is 1.91. The molecule has 0 radical (unpaired) electrons. The third kappa shape index (κ3) is 3.30. The van der Waals surface area contributed by atoms with Crippen molar-refractivity contribution in [1.82, 2.24) is 5.32 Å². The first kappa shape index (κ1) is 13.5. The molecule has 0 aromatic heterocycles. The van der Waals surface area contributed by atoms with E-state index >= 15 is 0 Å². The molecule has 5 nitrogen and oxygen atoms in total. The average Bonchev–Trinajstić information content (AvgIpc) is 2.85. The van der Waals surface area contributed by atoms with Gasteiger partial charge in [0.1, 0.15) is 6.10 Å². The van der Waals surface area contributed by atoms with Crippen LogP contribution in [0.25, 0.3) is 0 Å². The highest BCUT2D eigenvalue weighted by molar-refractivity contribution is 5.69. The van der Waals surface area contributed by atoms with Crippen molar-refractivity contribution >= 4 is 6.09 Å². The van der Waals surface area contributed by atoms with Gasteiger partial charge in [0, 0.05) is 0 Å². The van der Waals surface area contributed by atoms with E-state index in [1.165, 1.54) is 0 Å². The van der Waals surface area contributed by atoms with Crippen LogP contribution >= 0.6 is 0 Å². The van der Waals surface area contributed by atoms with E-state index in [1.807, 2.05) is 18.2 Å². The van der Waals surface area contributed by atoms with E-state index in [-0.39, 0.29) is 12.2 Å². The lowest BCUT2D eigenvalue weighted by molar-refractivity contribution is 0.141. The Morgan fingerprint density at radius 2 is 2.26 bits per heavy atom. The number of hydrogen-bond donors (Lipinski definition) is 1. The lowest BCUT2D eigenvalue weighted by Gasteiger charge is -2.14. The zero-order valence-electron chi connectivity index (χ0n) is 11.3. The molecule has 1 aliphatic rings. The molecule has 104 valence electrons. The number of methoxy groups -OCH3 is 1. The number of carbonyl (C=O) groups is 1. The van der Waals surface area contributed by atoms with Gasteiger partial charge in [-0.15, -0.1) is 0 Å². The van der Waals surface area contributed by atoms with Gasteiger partial charge in [-0.05, 0) is 24.1 Å². The third-order valence-corrected chi connectivity index (χ3v) is 3.00. The maximum absolute atomic E-state index is 11.1. The summed E-state index contributed by atoms with van der Waals surface area (Å²) in [5.41, 5.74) is 0.908. The molecule has 1 aliphatic heterocycles. The quantitative estimate of drug-likeness (QED) is 0.803. The van der Waals surface area contributed by atoms with E-state index in [2.05, 4.69) is 12.2 Å². The molecule has 2 rings (SSSR count). The Kier molecular flexibility index (Phi) is 4.49. The molecular formula is C14H19NO4. The van der Waals surface area contributed by atoms with Crippen LogP contribution in [0.2, 0.25) is 0 Å². The summed E-state index contributed by atoms with van der Waals surface area (Å²) in [6.45, 7) is 3.25. The van der Waals surface area contributed by atoms with Gasteiger partial charge < -0.3 is 19.5 Å². The standard InChI is InChI=1S/C14H19NO4/c1-3-4-7-18-12-8-10(5-6-11(12)17-2)13-9-15-14(16)19-13/h5-6,8,13H,3-4,7,9H2,1-2H3,(H,15,16). The number of carbonyl (C=O) groups excluding carboxylic acids is 1. The molecule has 1 heterocycles. The molecule has 1 saturated heterocycles. The van der Waals surface area contributed by atoms with Crippen LogP contribution in [-0.2, 0) is 4.74 Å². The van der Waals surface area contributed by atoms with Gasteiger partial charge in [0.15, 0.2) is 11.5 Å². The molecule has 1 fully saturated rings. The number of alkyl carbamates (subject to hydrolysis) is 1. The summed E-state index contributed by atoms with van der Waals surface area (Å²) in [5, 5.41) is 2.64. The van der Waals surface area contributed by atoms with Gasteiger partial charge in [-0.25, -0.2) is 4.79 Å². The number of rotatable bonds is 6. The van der Waals surface area contributed by atoms with Gasteiger partial charge in [0.25, 0.3) is 0 Å². The van der Waals surface area contributed by atoms with Crippen molar-refractivity contribution < 1.29 is 19.0 Å². The van der Waals surface area contributed by atoms with E-state index in [0.29, 0.717) is 24.7 Å². The lowest BCUT2D eigenvalue weighted by Crippen LogP contribution is -2.12. The smallest absolute Gasteiger partial charge is 0.407 e. The normalized spacial score (nSPS) is 17.8. The highest BCUT2D eigenvalue weighted by Crippen LogP contribution is 2.32. The SMILES string of the molecule is CCCCOc1cc(C2CNC(=O)O2)ccc1OC. The first-order valence-electron chi connectivity index (χ1n) is 6.49. The molecule has 1 amide bonds. The molecule has 1 aromatic rings. The van der Waals surface area contributed by atoms with Crippen molar-refractivity contribution in [2.24, 2.45) is 0 Å². The van der Waals surface area contributed by atoms with Crippen molar-refractivity contribution in [2.75, 3.05) is 20.3 Å². The second-order valence-electron chi connectivity index (χ2n) is 4.39. The number of cyclic esters (lactones) is 1. The third-order valence-electron chi connectivity index (χ3n) is 3.00. The number of benzene rings is 1. The van der Waals surface area contributed by atoms with Crippen LogP contribution in [-0.4, -0.2) is 26.4 Å². The molecule has 1 aromatic carbocycles. The van der Waals surface area contributed by atoms with Gasteiger partial charge in [-0.1, -0.05) is 19.4 Å². The predicted octanol–water partition coefficient (Wildman–Crippen LogP) is 2.66. The number of hydrogen-bond acceptors (Lipinski definition) is 4. The molecule has 0 bridgehead atoms. The van der Waals surface area contributed by atoms with Gasteiger partial charge in [-0.2, -0.15) is 0 Å². The molecule has 1 atom stereocenters. The Hall–Kier alpha value is -1.91. The second kappa shape index (κ2) is 6.31. The number of ether oxygens (including phenoxy) is 3. The molecule has 0 aliphatic carbocycles. The monoisotopic (exact) mass is 265 g/mol. The predicted molar refractivity (Wildman–Crippen MR) is 70.6 cm³/mol. The van der Waals surface area contributed by atoms with Crippen LogP contribution in [0.3, 0.4) is 0 Å². The summed E-state index contributed by atoms with van der Waals surface area (Å²) in [6, 6.07) is 5.60. The Morgan fingerprint density at radius 1 is 1.42 bits per heavy atom. The summed E-state index contributed by atoms with van der Waals surface area (Å²) in [4.78, 5) is 11.1. The van der Waals surface area contributed by atoms with E-state index in [4.69, 9.17) is 14.2 Å². The number of unbranched alkanes of at least 4 members (excludes halogenated alkanes) is 1. The topological polar surface area (TPSA) is 56.8 Å². The van der Waals surface area contributed by atoms with Gasteiger partial charge in [0.2, 0.25) is 0 Å². The molecule has 1 unspecified atom stereocenters. The van der Waals surface area contributed by atoms with Crippen LogP contribution in [0.5, 0.6) is 11.5 Å². The molecule has 1 N–H and O–H groups in total. The summed E-state index contributed by atoms with van der Waals surface area (Å²) >= 11 is 0. The van der Waals surface area contributed by atoms with E-state index in [9.17, 15) is 4.79 Å². The van der Waals surface area contributed by atoms with Crippen molar-refractivity contribution in [2.45, 2.75) is 25.9 Å². The van der Waals surface area contributed by atoms with Crippen LogP contribution < -0.4 is 14.8 Å². The Labute approximate surface area is 112 Å². The zero-order valence-corrected chi connectivity index (χ0v) is 11.3. The first-order chi connectivity index (χ1) is 9.24. The second-order valence-corrected chi connectivity index (χ2v) is 4.39. The lowest BCUT2D eigenvalue weighted by atomic mass is 10.1. The highest BCUT2D eigenvalue weighted by atomic mass is 16.6. The number of amides is 1. The molecule has 0 spiro atoms. The first-order valence-corrected chi connectivity index (χ1v) is 6.49. The Balaban J connectivity index is 2.12. The minimum atomic E-state index is -0.380. The minimum absolute atomic E-state index is 0.257. The van der Waals surface area contributed by atoms with Gasteiger partial charge in [-0.3, -0.25) is 0 Å². The van der Waals surface area contributed by atoms with Crippen LogP contribution in [0.4, 0.5) is 4.79 Å². The molecule has 19 heavy (non-hydrogen) atoms. The summed E-state index contributed by atoms with van der Waals surface area (Å²) in [5.74, 6) is 1.38. The van der Waals surface area contributed by atoms with E-state index < -0.39 is 0 Å². The van der Waals surface area contributed by atoms with Gasteiger partial charge in [0.05, 0.1) is 20.3 Å². The van der Waals surface area contributed by atoms with Crippen molar-refractivity contribution in [3.8, 4) is 11.5 Å². The van der Waals surface area contributed by atoms with Crippen molar-refractivity contribution in [3.63, 3.8) is 0 Å². The zero-order chi connectivity index (χ0) is 13.7. The van der Waals surface area contributed by atoms with Crippen LogP contribution in [0, 0.1) is 0 Å². The Bertz CT molecular complexity index is 447.